The second-order valence-electron chi connectivity index (χ2n) is 5.86. The highest BCUT2D eigenvalue weighted by atomic mass is 32.2. The van der Waals surface area contributed by atoms with Crippen LogP contribution in [0, 0.1) is 18.3 Å². The van der Waals surface area contributed by atoms with Gasteiger partial charge in [0.05, 0.1) is 11.8 Å². The zero-order valence-corrected chi connectivity index (χ0v) is 15.9. The Balaban J connectivity index is 1.56. The van der Waals surface area contributed by atoms with Gasteiger partial charge in [-0.2, -0.15) is 5.26 Å². The van der Waals surface area contributed by atoms with Crippen LogP contribution in [-0.2, 0) is 17.6 Å². The quantitative estimate of drug-likeness (QED) is 0.488. The van der Waals surface area contributed by atoms with Crippen molar-refractivity contribution in [2.45, 2.75) is 37.1 Å². The fourth-order valence-corrected chi connectivity index (χ4v) is 6.09. The van der Waals surface area contributed by atoms with Crippen LogP contribution < -0.4 is 0 Å². The molecule has 3 aromatic rings. The molecule has 5 nitrogen and oxygen atoms in total. The van der Waals surface area contributed by atoms with Crippen LogP contribution in [0.5, 0.6) is 0 Å². The number of Topliss-reactive ketones (excluding diaryl/α,β-unsaturated/α-hetero) is 1. The number of carbonyl (C=O) groups excluding carboxylic acids is 1. The summed E-state index contributed by atoms with van der Waals surface area (Å²) in [5.41, 5.74) is 2.19. The molecule has 0 saturated carbocycles. The van der Waals surface area contributed by atoms with E-state index in [0.29, 0.717) is 5.01 Å². The standard InChI is InChI=1S/C17H14N4OS3/c1-9-6-23-15(21-9)11(5-18)12(22)7-24-16-14-10-3-2-4-13(10)25-17(14)20-8-19-16/h6,8,11H,2-4,7H2,1H3. The molecule has 4 rings (SSSR count). The normalized spacial score (nSPS) is 14.4. The summed E-state index contributed by atoms with van der Waals surface area (Å²) in [4.78, 5) is 28.0. The van der Waals surface area contributed by atoms with Crippen molar-refractivity contribution in [2.24, 2.45) is 0 Å². The summed E-state index contributed by atoms with van der Waals surface area (Å²) in [7, 11) is 0. The molecule has 3 aromatic heterocycles. The van der Waals surface area contributed by atoms with Gasteiger partial charge in [0, 0.05) is 21.3 Å². The van der Waals surface area contributed by atoms with Crippen molar-refractivity contribution in [1.29, 1.82) is 5.26 Å². The van der Waals surface area contributed by atoms with E-state index in [0.717, 1.165) is 33.8 Å². The number of aromatic nitrogens is 3. The molecule has 1 atom stereocenters. The number of fused-ring (bicyclic) bond motifs is 3. The molecule has 8 heteroatoms. The number of nitriles is 1. The second-order valence-corrected chi connectivity index (χ2v) is 8.80. The predicted molar refractivity (Wildman–Crippen MR) is 100 cm³/mol. The number of hydrogen-bond acceptors (Lipinski definition) is 8. The number of aryl methyl sites for hydroxylation is 3. The van der Waals surface area contributed by atoms with Crippen molar-refractivity contribution >= 4 is 50.4 Å². The average molecular weight is 387 g/mol. The van der Waals surface area contributed by atoms with Gasteiger partial charge in [0.1, 0.15) is 21.2 Å². The highest BCUT2D eigenvalue weighted by Gasteiger charge is 2.25. The van der Waals surface area contributed by atoms with Gasteiger partial charge in [0.15, 0.2) is 11.7 Å². The van der Waals surface area contributed by atoms with Crippen LogP contribution in [0.15, 0.2) is 16.7 Å². The Labute approximate surface area is 157 Å². The molecule has 3 heterocycles. The van der Waals surface area contributed by atoms with Gasteiger partial charge in [0.2, 0.25) is 0 Å². The number of hydrogen-bond donors (Lipinski definition) is 0. The molecular weight excluding hydrogens is 372 g/mol. The van der Waals surface area contributed by atoms with E-state index in [1.165, 1.54) is 40.0 Å². The summed E-state index contributed by atoms with van der Waals surface area (Å²) in [5.74, 6) is -0.703. The highest BCUT2D eigenvalue weighted by molar-refractivity contribution is 8.00. The molecule has 0 aromatic carbocycles. The SMILES string of the molecule is Cc1csc(C(C#N)C(=O)CSc2ncnc3sc4c(c23)CCC4)n1. The van der Waals surface area contributed by atoms with Gasteiger partial charge >= 0.3 is 0 Å². The molecule has 1 unspecified atom stereocenters. The monoisotopic (exact) mass is 386 g/mol. The van der Waals surface area contributed by atoms with E-state index in [1.807, 2.05) is 12.3 Å². The summed E-state index contributed by atoms with van der Waals surface area (Å²) in [6.07, 6.45) is 4.91. The van der Waals surface area contributed by atoms with E-state index in [1.54, 1.807) is 17.7 Å². The average Bonchev–Trinajstić information content (AvgIpc) is 3.29. The number of thiophene rings is 1. The van der Waals surface area contributed by atoms with Gasteiger partial charge in [0.25, 0.3) is 0 Å². The first-order valence-electron chi connectivity index (χ1n) is 7.89. The number of thioether (sulfide) groups is 1. The molecule has 25 heavy (non-hydrogen) atoms. The molecule has 0 aliphatic heterocycles. The lowest BCUT2D eigenvalue weighted by molar-refractivity contribution is -0.116. The summed E-state index contributed by atoms with van der Waals surface area (Å²) in [5, 5.41) is 13.8. The van der Waals surface area contributed by atoms with E-state index >= 15 is 0 Å². The molecule has 0 amide bonds. The van der Waals surface area contributed by atoms with Crippen LogP contribution in [0.2, 0.25) is 0 Å². The Bertz CT molecular complexity index is 1000. The van der Waals surface area contributed by atoms with Crippen LogP contribution in [0.4, 0.5) is 0 Å². The minimum Gasteiger partial charge on any atom is -0.297 e. The van der Waals surface area contributed by atoms with Crippen LogP contribution in [-0.4, -0.2) is 26.5 Å². The third-order valence-electron chi connectivity index (χ3n) is 4.15. The smallest absolute Gasteiger partial charge is 0.167 e. The van der Waals surface area contributed by atoms with Crippen molar-refractivity contribution in [3.05, 3.63) is 32.8 Å². The zero-order valence-electron chi connectivity index (χ0n) is 13.5. The number of carbonyl (C=O) groups is 1. The maximum atomic E-state index is 12.5. The Morgan fingerprint density at radius 1 is 1.44 bits per heavy atom. The molecule has 0 saturated heterocycles. The van der Waals surface area contributed by atoms with E-state index in [4.69, 9.17) is 0 Å². The van der Waals surface area contributed by atoms with Crippen LogP contribution in [0.25, 0.3) is 10.2 Å². The minimum absolute atomic E-state index is 0.125. The first kappa shape index (κ1) is 16.6. The first-order valence-corrected chi connectivity index (χ1v) is 10.6. The molecule has 1 aliphatic carbocycles. The van der Waals surface area contributed by atoms with E-state index in [2.05, 4.69) is 21.0 Å². The fraction of sp³-hybridized carbons (Fsp3) is 0.353. The van der Waals surface area contributed by atoms with Gasteiger partial charge < -0.3 is 0 Å². The summed E-state index contributed by atoms with van der Waals surface area (Å²) < 4.78 is 0. The lowest BCUT2D eigenvalue weighted by Crippen LogP contribution is -2.13. The topological polar surface area (TPSA) is 79.5 Å². The molecule has 1 aliphatic rings. The van der Waals surface area contributed by atoms with E-state index in [9.17, 15) is 10.1 Å². The van der Waals surface area contributed by atoms with Crippen LogP contribution in [0.3, 0.4) is 0 Å². The molecule has 0 spiro atoms. The van der Waals surface area contributed by atoms with E-state index in [-0.39, 0.29) is 11.5 Å². The van der Waals surface area contributed by atoms with Crippen molar-refractivity contribution in [3.8, 4) is 6.07 Å². The predicted octanol–water partition coefficient (Wildman–Crippen LogP) is 3.91. The third kappa shape index (κ3) is 3.08. The Morgan fingerprint density at radius 3 is 3.08 bits per heavy atom. The van der Waals surface area contributed by atoms with Crippen molar-refractivity contribution in [2.75, 3.05) is 5.75 Å². The van der Waals surface area contributed by atoms with Crippen molar-refractivity contribution < 1.29 is 4.79 Å². The number of nitrogens with zero attached hydrogens (tertiary/aromatic N) is 4. The summed E-state index contributed by atoms with van der Waals surface area (Å²) in [6, 6.07) is 2.10. The number of rotatable bonds is 5. The van der Waals surface area contributed by atoms with Gasteiger partial charge in [-0.1, -0.05) is 11.8 Å². The molecule has 126 valence electrons. The lowest BCUT2D eigenvalue weighted by Gasteiger charge is -2.06. The molecule has 0 fully saturated rings. The Kier molecular flexibility index (Phi) is 4.54. The Morgan fingerprint density at radius 2 is 2.32 bits per heavy atom. The first-order chi connectivity index (χ1) is 12.2. The third-order valence-corrected chi connectivity index (χ3v) is 7.39. The van der Waals surface area contributed by atoms with Gasteiger partial charge in [-0.15, -0.1) is 22.7 Å². The summed E-state index contributed by atoms with van der Waals surface area (Å²) >= 11 is 4.51. The van der Waals surface area contributed by atoms with Crippen molar-refractivity contribution in [1.82, 2.24) is 15.0 Å². The highest BCUT2D eigenvalue weighted by Crippen LogP contribution is 2.40. The maximum Gasteiger partial charge on any atom is 0.167 e. The second kappa shape index (κ2) is 6.83. The molecule has 0 N–H and O–H groups in total. The van der Waals surface area contributed by atoms with Crippen molar-refractivity contribution in [3.63, 3.8) is 0 Å². The Hall–Kier alpha value is -1.82. The van der Waals surface area contributed by atoms with E-state index < -0.39 is 5.92 Å². The maximum absolute atomic E-state index is 12.5. The largest absolute Gasteiger partial charge is 0.297 e. The van der Waals surface area contributed by atoms with Gasteiger partial charge in [-0.3, -0.25) is 4.79 Å². The van der Waals surface area contributed by atoms with Gasteiger partial charge in [-0.05, 0) is 31.7 Å². The molecule has 0 bridgehead atoms. The molecular formula is C17H14N4OS3. The van der Waals surface area contributed by atoms with Crippen LogP contribution in [0.1, 0.15) is 33.5 Å². The number of ketones is 1. The fourth-order valence-electron chi connectivity index (χ4n) is 3.00. The van der Waals surface area contributed by atoms with Crippen LogP contribution >= 0.6 is 34.4 Å². The molecule has 0 radical (unpaired) electrons. The lowest BCUT2D eigenvalue weighted by atomic mass is 10.1. The zero-order chi connectivity index (χ0) is 17.4. The minimum atomic E-state index is -0.795. The summed E-state index contributed by atoms with van der Waals surface area (Å²) in [6.45, 7) is 1.86. The number of thiazole rings is 1. The van der Waals surface area contributed by atoms with Gasteiger partial charge in [-0.25, -0.2) is 15.0 Å².